The molecule has 0 fully saturated rings. The first kappa shape index (κ1) is 19.5. The highest BCUT2D eigenvalue weighted by Gasteiger charge is 2.23. The zero-order chi connectivity index (χ0) is 18.4. The second kappa shape index (κ2) is 9.02. The van der Waals surface area contributed by atoms with Gasteiger partial charge in [0.25, 0.3) is 0 Å². The number of carbonyl (C=O) groups is 1. The van der Waals surface area contributed by atoms with Gasteiger partial charge in [0.2, 0.25) is 0 Å². The van der Waals surface area contributed by atoms with Gasteiger partial charge in [-0.05, 0) is 63.7 Å². The van der Waals surface area contributed by atoms with E-state index in [2.05, 4.69) is 23.7 Å². The molecule has 1 aromatic heterocycles. The summed E-state index contributed by atoms with van der Waals surface area (Å²) >= 11 is 6.03. The van der Waals surface area contributed by atoms with Crippen LogP contribution in [-0.2, 0) is 0 Å². The summed E-state index contributed by atoms with van der Waals surface area (Å²) < 4.78 is 0. The number of hydrogen-bond acceptors (Lipinski definition) is 3. The summed E-state index contributed by atoms with van der Waals surface area (Å²) in [6, 6.07) is 6.99. The van der Waals surface area contributed by atoms with Crippen molar-refractivity contribution in [2.24, 2.45) is 0 Å². The van der Waals surface area contributed by atoms with Crippen molar-refractivity contribution < 1.29 is 9.90 Å². The number of fused-ring (bicyclic) bond motifs is 1. The fourth-order valence-corrected chi connectivity index (χ4v) is 3.29. The van der Waals surface area contributed by atoms with Gasteiger partial charge in [0, 0.05) is 22.6 Å². The third-order valence-electron chi connectivity index (χ3n) is 4.58. The monoisotopic (exact) mass is 363 g/mol. The molecule has 0 bridgehead atoms. The van der Waals surface area contributed by atoms with Crippen LogP contribution < -0.4 is 4.90 Å². The molecule has 0 aliphatic heterocycles. The van der Waals surface area contributed by atoms with Crippen LogP contribution in [-0.4, -0.2) is 46.8 Å². The Kier molecular flexibility index (Phi) is 7.02. The van der Waals surface area contributed by atoms with Crippen LogP contribution in [0.1, 0.15) is 33.6 Å². The van der Waals surface area contributed by atoms with E-state index in [1.54, 1.807) is 24.4 Å². The van der Waals surface area contributed by atoms with Crippen molar-refractivity contribution in [2.45, 2.75) is 39.7 Å². The van der Waals surface area contributed by atoms with Crippen molar-refractivity contribution >= 4 is 34.3 Å². The smallest absolute Gasteiger partial charge is 0.412 e. The molecule has 1 N–H and O–H groups in total. The SMILES string of the molecule is CCN(CC)CCCC(C)N(C(=O)O)c1ccnc2cc(Cl)ccc12. The summed E-state index contributed by atoms with van der Waals surface area (Å²) in [5, 5.41) is 11.2. The summed E-state index contributed by atoms with van der Waals surface area (Å²) in [4.78, 5) is 20.0. The fourth-order valence-electron chi connectivity index (χ4n) is 3.12. The van der Waals surface area contributed by atoms with Crippen molar-refractivity contribution in [3.8, 4) is 0 Å². The number of pyridine rings is 1. The number of aromatic nitrogens is 1. The maximum Gasteiger partial charge on any atom is 0.412 e. The molecule has 2 aromatic rings. The molecule has 0 radical (unpaired) electrons. The first-order valence-electron chi connectivity index (χ1n) is 8.76. The number of hydrogen-bond donors (Lipinski definition) is 1. The molecule has 1 aromatic carbocycles. The molecule has 0 aliphatic carbocycles. The van der Waals surface area contributed by atoms with Crippen molar-refractivity contribution in [1.82, 2.24) is 9.88 Å². The summed E-state index contributed by atoms with van der Waals surface area (Å²) in [6.07, 6.45) is 2.45. The summed E-state index contributed by atoms with van der Waals surface area (Å²) in [6.45, 7) is 9.26. The van der Waals surface area contributed by atoms with Crippen LogP contribution in [0.5, 0.6) is 0 Å². The molecular weight excluding hydrogens is 338 g/mol. The van der Waals surface area contributed by atoms with Gasteiger partial charge < -0.3 is 10.0 Å². The summed E-state index contributed by atoms with van der Waals surface area (Å²) in [7, 11) is 0. The Balaban J connectivity index is 2.22. The molecule has 1 amide bonds. The average molecular weight is 364 g/mol. The van der Waals surface area contributed by atoms with E-state index in [1.807, 2.05) is 13.0 Å². The zero-order valence-electron chi connectivity index (χ0n) is 15.1. The van der Waals surface area contributed by atoms with Gasteiger partial charge in [-0.15, -0.1) is 0 Å². The normalized spacial score (nSPS) is 12.5. The van der Waals surface area contributed by atoms with E-state index in [0.29, 0.717) is 16.2 Å². The van der Waals surface area contributed by atoms with Gasteiger partial charge in [-0.2, -0.15) is 0 Å². The van der Waals surface area contributed by atoms with Gasteiger partial charge in [-0.1, -0.05) is 25.4 Å². The largest absolute Gasteiger partial charge is 0.465 e. The van der Waals surface area contributed by atoms with Gasteiger partial charge in [0.1, 0.15) is 0 Å². The molecule has 6 heteroatoms. The molecule has 136 valence electrons. The summed E-state index contributed by atoms with van der Waals surface area (Å²) in [5.74, 6) is 0. The number of carboxylic acid groups (broad SMARTS) is 1. The number of nitrogens with zero attached hydrogens (tertiary/aromatic N) is 3. The number of benzene rings is 1. The molecule has 0 saturated carbocycles. The minimum absolute atomic E-state index is 0.116. The van der Waals surface area contributed by atoms with E-state index in [0.717, 1.165) is 37.9 Å². The molecule has 0 aliphatic rings. The maximum atomic E-state index is 11.9. The Labute approximate surface area is 154 Å². The van der Waals surface area contributed by atoms with Gasteiger partial charge in [-0.25, -0.2) is 4.79 Å². The Morgan fingerprint density at radius 3 is 2.64 bits per heavy atom. The highest BCUT2D eigenvalue weighted by Crippen LogP contribution is 2.29. The van der Waals surface area contributed by atoms with E-state index in [4.69, 9.17) is 11.6 Å². The number of rotatable bonds is 8. The van der Waals surface area contributed by atoms with Crippen LogP contribution in [0.15, 0.2) is 30.5 Å². The van der Waals surface area contributed by atoms with Gasteiger partial charge in [0.15, 0.2) is 0 Å². The van der Waals surface area contributed by atoms with Crippen molar-refractivity contribution in [1.29, 1.82) is 0 Å². The molecule has 5 nitrogen and oxygen atoms in total. The quantitative estimate of drug-likeness (QED) is 0.725. The van der Waals surface area contributed by atoms with E-state index in [9.17, 15) is 9.90 Å². The van der Waals surface area contributed by atoms with Gasteiger partial charge in [0.05, 0.1) is 11.2 Å². The van der Waals surface area contributed by atoms with Crippen LogP contribution in [0.2, 0.25) is 5.02 Å². The number of amides is 1. The first-order valence-corrected chi connectivity index (χ1v) is 9.14. The predicted octanol–water partition coefficient (Wildman–Crippen LogP) is 4.88. The third-order valence-corrected chi connectivity index (χ3v) is 4.81. The summed E-state index contributed by atoms with van der Waals surface area (Å²) in [5.41, 5.74) is 1.36. The van der Waals surface area contributed by atoms with Crippen LogP contribution >= 0.6 is 11.6 Å². The predicted molar refractivity (Wildman–Crippen MR) is 104 cm³/mol. The maximum absolute atomic E-state index is 11.9. The lowest BCUT2D eigenvalue weighted by Gasteiger charge is -2.28. The van der Waals surface area contributed by atoms with Crippen LogP contribution in [0.25, 0.3) is 10.9 Å². The fraction of sp³-hybridized carbons (Fsp3) is 0.474. The van der Waals surface area contributed by atoms with E-state index >= 15 is 0 Å². The zero-order valence-corrected chi connectivity index (χ0v) is 15.8. The van der Waals surface area contributed by atoms with E-state index in [-0.39, 0.29) is 6.04 Å². The first-order chi connectivity index (χ1) is 12.0. The molecule has 1 heterocycles. The number of halogens is 1. The standard InChI is InChI=1S/C19H26ClN3O2/c1-4-22(5-2)12-6-7-14(3)23(19(24)25)18-10-11-21-17-13-15(20)8-9-16(17)18/h8-11,13-14H,4-7,12H2,1-3H3,(H,24,25). The molecule has 0 saturated heterocycles. The highest BCUT2D eigenvalue weighted by molar-refractivity contribution is 6.31. The third kappa shape index (κ3) is 4.83. The molecular formula is C19H26ClN3O2. The van der Waals surface area contributed by atoms with E-state index < -0.39 is 6.09 Å². The molecule has 1 atom stereocenters. The van der Waals surface area contributed by atoms with Crippen molar-refractivity contribution in [3.05, 3.63) is 35.5 Å². The van der Waals surface area contributed by atoms with Crippen LogP contribution in [0, 0.1) is 0 Å². The molecule has 0 spiro atoms. The second-order valence-electron chi connectivity index (χ2n) is 6.16. The average Bonchev–Trinajstić information content (AvgIpc) is 2.58. The Bertz CT molecular complexity index is 719. The van der Waals surface area contributed by atoms with Crippen molar-refractivity contribution in [2.75, 3.05) is 24.5 Å². The van der Waals surface area contributed by atoms with Gasteiger partial charge in [-0.3, -0.25) is 9.88 Å². The Morgan fingerprint density at radius 1 is 1.28 bits per heavy atom. The Hall–Kier alpha value is -1.85. The Morgan fingerprint density at radius 2 is 2.00 bits per heavy atom. The second-order valence-corrected chi connectivity index (χ2v) is 6.60. The topological polar surface area (TPSA) is 56.7 Å². The lowest BCUT2D eigenvalue weighted by Crippen LogP contribution is -2.38. The lowest BCUT2D eigenvalue weighted by molar-refractivity contribution is 0.198. The number of anilines is 1. The molecule has 2 rings (SSSR count). The van der Waals surface area contributed by atoms with Crippen LogP contribution in [0.4, 0.5) is 10.5 Å². The molecule has 1 unspecified atom stereocenters. The highest BCUT2D eigenvalue weighted by atomic mass is 35.5. The van der Waals surface area contributed by atoms with E-state index in [1.165, 1.54) is 4.90 Å². The lowest BCUT2D eigenvalue weighted by atomic mass is 10.1. The molecule has 25 heavy (non-hydrogen) atoms. The van der Waals surface area contributed by atoms with Crippen LogP contribution in [0.3, 0.4) is 0 Å². The minimum atomic E-state index is -0.946. The van der Waals surface area contributed by atoms with Crippen molar-refractivity contribution in [3.63, 3.8) is 0 Å². The van der Waals surface area contributed by atoms with Gasteiger partial charge >= 0.3 is 6.09 Å². The minimum Gasteiger partial charge on any atom is -0.465 e.